The van der Waals surface area contributed by atoms with Gasteiger partial charge in [0.2, 0.25) is 0 Å². The zero-order valence-electron chi connectivity index (χ0n) is 12.4. The lowest BCUT2D eigenvalue weighted by molar-refractivity contribution is 0.336. The molecule has 1 aliphatic rings. The zero-order chi connectivity index (χ0) is 14.2. The van der Waals surface area contributed by atoms with Gasteiger partial charge in [-0.05, 0) is 44.4 Å². The number of benzene rings is 1. The van der Waals surface area contributed by atoms with Gasteiger partial charge in [0.25, 0.3) is 0 Å². The van der Waals surface area contributed by atoms with Gasteiger partial charge in [0, 0.05) is 24.3 Å². The quantitative estimate of drug-likeness (QED) is 0.862. The van der Waals surface area contributed by atoms with Crippen LogP contribution in [-0.4, -0.2) is 25.2 Å². The number of hydrogen-bond acceptors (Lipinski definition) is 3. The van der Waals surface area contributed by atoms with Crippen molar-refractivity contribution in [2.45, 2.75) is 51.1 Å². The number of nitrogens with zero attached hydrogens (tertiary/aromatic N) is 2. The summed E-state index contributed by atoms with van der Waals surface area (Å²) < 4.78 is 0. The molecule has 1 saturated carbocycles. The highest BCUT2D eigenvalue weighted by Gasteiger charge is 2.25. The number of nitrogens with one attached hydrogen (secondary N) is 1. The van der Waals surface area contributed by atoms with Gasteiger partial charge < -0.3 is 10.2 Å². The van der Waals surface area contributed by atoms with Gasteiger partial charge in [-0.15, -0.1) is 0 Å². The van der Waals surface area contributed by atoms with Crippen LogP contribution in [0.4, 0.5) is 5.69 Å². The smallest absolute Gasteiger partial charge is 0.0640 e. The van der Waals surface area contributed by atoms with E-state index in [1.165, 1.54) is 31.4 Å². The SMILES string of the molecule is CCNC1CCC(N(CCC#N)c2ccccc2)CC1. The van der Waals surface area contributed by atoms with Crippen LogP contribution < -0.4 is 10.2 Å². The lowest BCUT2D eigenvalue weighted by Gasteiger charge is -2.38. The van der Waals surface area contributed by atoms with Crippen molar-refractivity contribution < 1.29 is 0 Å². The fraction of sp³-hybridized carbons (Fsp3) is 0.588. The molecule has 0 amide bonds. The molecule has 0 aliphatic heterocycles. The number of anilines is 1. The van der Waals surface area contributed by atoms with Crippen molar-refractivity contribution in [3.63, 3.8) is 0 Å². The van der Waals surface area contributed by atoms with Crippen molar-refractivity contribution >= 4 is 5.69 Å². The normalized spacial score (nSPS) is 22.2. The van der Waals surface area contributed by atoms with E-state index in [1.807, 2.05) is 6.07 Å². The topological polar surface area (TPSA) is 39.1 Å². The van der Waals surface area contributed by atoms with Crippen molar-refractivity contribution in [3.05, 3.63) is 30.3 Å². The fourth-order valence-corrected chi connectivity index (χ4v) is 3.19. The average Bonchev–Trinajstić information content (AvgIpc) is 2.51. The van der Waals surface area contributed by atoms with Crippen LogP contribution in [0.25, 0.3) is 0 Å². The molecule has 0 radical (unpaired) electrons. The van der Waals surface area contributed by atoms with Crippen molar-refractivity contribution in [2.75, 3.05) is 18.0 Å². The van der Waals surface area contributed by atoms with E-state index in [2.05, 4.69) is 47.5 Å². The fourth-order valence-electron chi connectivity index (χ4n) is 3.19. The summed E-state index contributed by atoms with van der Waals surface area (Å²) in [6.07, 6.45) is 5.53. The molecule has 0 saturated heterocycles. The first kappa shape index (κ1) is 14.9. The summed E-state index contributed by atoms with van der Waals surface area (Å²) in [5.41, 5.74) is 1.26. The third-order valence-electron chi connectivity index (χ3n) is 4.18. The number of para-hydroxylation sites is 1. The molecule has 1 aromatic carbocycles. The van der Waals surface area contributed by atoms with E-state index in [1.54, 1.807) is 0 Å². The van der Waals surface area contributed by atoms with Crippen LogP contribution in [0.2, 0.25) is 0 Å². The van der Waals surface area contributed by atoms with Crippen LogP contribution in [0.1, 0.15) is 39.0 Å². The Morgan fingerprint density at radius 3 is 2.50 bits per heavy atom. The second kappa shape index (κ2) is 7.91. The summed E-state index contributed by atoms with van der Waals surface area (Å²) in [5.74, 6) is 0. The van der Waals surface area contributed by atoms with E-state index in [4.69, 9.17) is 5.26 Å². The maximum Gasteiger partial charge on any atom is 0.0640 e. The monoisotopic (exact) mass is 271 g/mol. The molecule has 3 heteroatoms. The van der Waals surface area contributed by atoms with Crippen molar-refractivity contribution in [3.8, 4) is 6.07 Å². The van der Waals surface area contributed by atoms with Crippen LogP contribution in [0, 0.1) is 11.3 Å². The van der Waals surface area contributed by atoms with Gasteiger partial charge in [0.15, 0.2) is 0 Å². The van der Waals surface area contributed by atoms with E-state index < -0.39 is 0 Å². The van der Waals surface area contributed by atoms with Crippen molar-refractivity contribution in [1.82, 2.24) is 5.32 Å². The molecular formula is C17H25N3. The minimum atomic E-state index is 0.584. The van der Waals surface area contributed by atoms with Crippen LogP contribution in [-0.2, 0) is 0 Å². The molecule has 0 unspecified atom stereocenters. The Morgan fingerprint density at radius 2 is 1.90 bits per heavy atom. The Kier molecular flexibility index (Phi) is 5.88. The Morgan fingerprint density at radius 1 is 1.20 bits per heavy atom. The molecule has 108 valence electrons. The van der Waals surface area contributed by atoms with Gasteiger partial charge in [0.1, 0.15) is 0 Å². The summed E-state index contributed by atoms with van der Waals surface area (Å²) in [6, 6.07) is 14.1. The van der Waals surface area contributed by atoms with E-state index >= 15 is 0 Å². The van der Waals surface area contributed by atoms with Crippen LogP contribution in [0.3, 0.4) is 0 Å². The summed E-state index contributed by atoms with van der Waals surface area (Å²) in [6.45, 7) is 4.08. The van der Waals surface area contributed by atoms with Crippen molar-refractivity contribution in [1.29, 1.82) is 5.26 Å². The van der Waals surface area contributed by atoms with Crippen LogP contribution in [0.15, 0.2) is 30.3 Å². The summed E-state index contributed by atoms with van der Waals surface area (Å²) in [7, 11) is 0. The molecule has 0 heterocycles. The minimum Gasteiger partial charge on any atom is -0.368 e. The molecule has 1 aromatic rings. The number of hydrogen-bond donors (Lipinski definition) is 1. The second-order valence-electron chi connectivity index (χ2n) is 5.50. The first-order chi connectivity index (χ1) is 9.85. The minimum absolute atomic E-state index is 0.584. The highest BCUT2D eigenvalue weighted by Crippen LogP contribution is 2.27. The highest BCUT2D eigenvalue weighted by molar-refractivity contribution is 5.47. The maximum absolute atomic E-state index is 8.89. The molecule has 0 atom stereocenters. The van der Waals surface area contributed by atoms with E-state index in [0.29, 0.717) is 18.5 Å². The molecule has 2 rings (SSSR count). The summed E-state index contributed by atoms with van der Waals surface area (Å²) in [5, 5.41) is 12.4. The standard InChI is InChI=1S/C17H25N3/c1-2-19-15-9-11-17(12-10-15)20(14-6-13-18)16-7-4-3-5-8-16/h3-5,7-8,15,17,19H,2,6,9-12,14H2,1H3. The average molecular weight is 271 g/mol. The van der Waals surface area contributed by atoms with Crippen molar-refractivity contribution in [2.24, 2.45) is 0 Å². The highest BCUT2D eigenvalue weighted by atomic mass is 15.2. The van der Waals surface area contributed by atoms with Gasteiger partial charge in [-0.2, -0.15) is 5.26 Å². The van der Waals surface area contributed by atoms with Gasteiger partial charge >= 0.3 is 0 Å². The molecule has 20 heavy (non-hydrogen) atoms. The Bertz CT molecular complexity index is 416. The maximum atomic E-state index is 8.89. The lowest BCUT2D eigenvalue weighted by atomic mass is 9.89. The molecule has 1 aliphatic carbocycles. The molecule has 1 fully saturated rings. The third kappa shape index (κ3) is 3.98. The second-order valence-corrected chi connectivity index (χ2v) is 5.50. The Labute approximate surface area is 122 Å². The van der Waals surface area contributed by atoms with Gasteiger partial charge in [0.05, 0.1) is 12.5 Å². The lowest BCUT2D eigenvalue weighted by Crippen LogP contribution is -2.43. The summed E-state index contributed by atoms with van der Waals surface area (Å²) >= 11 is 0. The first-order valence-electron chi connectivity index (χ1n) is 7.77. The largest absolute Gasteiger partial charge is 0.368 e. The Balaban J connectivity index is 2.00. The Hall–Kier alpha value is -1.53. The van der Waals surface area contributed by atoms with E-state index in [9.17, 15) is 0 Å². The predicted octanol–water partition coefficient (Wildman–Crippen LogP) is 3.33. The molecule has 0 spiro atoms. The third-order valence-corrected chi connectivity index (χ3v) is 4.18. The van der Waals surface area contributed by atoms with Gasteiger partial charge in [-0.1, -0.05) is 25.1 Å². The number of nitriles is 1. The first-order valence-corrected chi connectivity index (χ1v) is 7.77. The van der Waals surface area contributed by atoms with Crippen LogP contribution in [0.5, 0.6) is 0 Å². The van der Waals surface area contributed by atoms with Gasteiger partial charge in [-0.25, -0.2) is 0 Å². The van der Waals surface area contributed by atoms with E-state index in [-0.39, 0.29) is 0 Å². The molecule has 3 nitrogen and oxygen atoms in total. The van der Waals surface area contributed by atoms with E-state index in [0.717, 1.165) is 13.1 Å². The predicted molar refractivity (Wildman–Crippen MR) is 83.7 cm³/mol. The molecule has 0 aromatic heterocycles. The molecular weight excluding hydrogens is 246 g/mol. The molecule has 0 bridgehead atoms. The molecule has 1 N–H and O–H groups in total. The van der Waals surface area contributed by atoms with Crippen LogP contribution >= 0.6 is 0 Å². The van der Waals surface area contributed by atoms with Gasteiger partial charge in [-0.3, -0.25) is 0 Å². The summed E-state index contributed by atoms with van der Waals surface area (Å²) in [4.78, 5) is 2.44. The zero-order valence-corrected chi connectivity index (χ0v) is 12.4. The number of rotatable bonds is 6.